The molecule has 3 rings (SSSR count). The Hall–Kier alpha value is -1.42. The molecule has 0 amide bonds. The van der Waals surface area contributed by atoms with Gasteiger partial charge < -0.3 is 19.5 Å². The third-order valence-corrected chi connectivity index (χ3v) is 2.96. The van der Waals surface area contributed by atoms with Crippen LogP contribution in [0.15, 0.2) is 18.2 Å². The molecule has 86 valence electrons. The summed E-state index contributed by atoms with van der Waals surface area (Å²) in [5, 5.41) is 3.50. The number of fused-ring (bicyclic) bond motifs is 1. The molecule has 2 heterocycles. The van der Waals surface area contributed by atoms with E-state index in [-0.39, 0.29) is 0 Å². The number of anilines is 1. The maximum atomic E-state index is 5.34. The predicted molar refractivity (Wildman–Crippen MR) is 60.0 cm³/mol. The fourth-order valence-electron chi connectivity index (χ4n) is 2.06. The molecule has 1 saturated heterocycles. The number of ether oxygens (including phenoxy) is 3. The van der Waals surface area contributed by atoms with Crippen molar-refractivity contribution in [1.82, 2.24) is 0 Å². The van der Waals surface area contributed by atoms with Crippen LogP contribution >= 0.6 is 0 Å². The zero-order valence-electron chi connectivity index (χ0n) is 9.07. The molecule has 4 nitrogen and oxygen atoms in total. The summed E-state index contributed by atoms with van der Waals surface area (Å²) < 4.78 is 15.9. The summed E-state index contributed by atoms with van der Waals surface area (Å²) in [7, 11) is 0. The highest BCUT2D eigenvalue weighted by molar-refractivity contribution is 5.56. The lowest BCUT2D eigenvalue weighted by molar-refractivity contribution is 0.0904. The van der Waals surface area contributed by atoms with Gasteiger partial charge >= 0.3 is 0 Å². The van der Waals surface area contributed by atoms with Gasteiger partial charge in [-0.2, -0.15) is 0 Å². The number of rotatable bonds is 2. The van der Waals surface area contributed by atoms with Gasteiger partial charge in [0.2, 0.25) is 6.79 Å². The monoisotopic (exact) mass is 221 g/mol. The minimum atomic E-state index is 0.329. The molecule has 1 N–H and O–H groups in total. The second-order valence-electron chi connectivity index (χ2n) is 4.10. The summed E-state index contributed by atoms with van der Waals surface area (Å²) in [6.07, 6.45) is 2.13. The zero-order chi connectivity index (χ0) is 10.8. The Kier molecular flexibility index (Phi) is 2.58. The molecule has 0 spiro atoms. The summed E-state index contributed by atoms with van der Waals surface area (Å²) in [4.78, 5) is 0. The van der Waals surface area contributed by atoms with Crippen molar-refractivity contribution in [2.45, 2.75) is 18.9 Å². The molecule has 2 aliphatic rings. The van der Waals surface area contributed by atoms with Gasteiger partial charge in [0.25, 0.3) is 0 Å². The molecule has 0 aliphatic carbocycles. The van der Waals surface area contributed by atoms with E-state index in [0.717, 1.165) is 43.2 Å². The Bertz CT molecular complexity index is 375. The number of nitrogens with one attached hydrogen (secondary N) is 1. The summed E-state index contributed by atoms with van der Waals surface area (Å²) in [6, 6.07) is 6.49. The van der Waals surface area contributed by atoms with Gasteiger partial charge in [0.05, 0.1) is 0 Å². The highest BCUT2D eigenvalue weighted by atomic mass is 16.7. The van der Waals surface area contributed by atoms with Crippen LogP contribution in [-0.4, -0.2) is 26.0 Å². The molecule has 2 aliphatic heterocycles. The van der Waals surface area contributed by atoms with E-state index in [1.165, 1.54) is 0 Å². The van der Waals surface area contributed by atoms with Crippen molar-refractivity contribution in [3.05, 3.63) is 18.2 Å². The van der Waals surface area contributed by atoms with Gasteiger partial charge in [-0.05, 0) is 25.0 Å². The molecule has 1 aromatic rings. The smallest absolute Gasteiger partial charge is 0.231 e. The van der Waals surface area contributed by atoms with Crippen molar-refractivity contribution in [3.8, 4) is 11.5 Å². The highest BCUT2D eigenvalue weighted by Gasteiger charge is 2.16. The topological polar surface area (TPSA) is 39.7 Å². The zero-order valence-corrected chi connectivity index (χ0v) is 9.07. The van der Waals surface area contributed by atoms with Gasteiger partial charge in [0.15, 0.2) is 11.5 Å². The van der Waals surface area contributed by atoms with Crippen LogP contribution in [0.5, 0.6) is 11.5 Å². The lowest BCUT2D eigenvalue weighted by atomic mass is 10.1. The van der Waals surface area contributed by atoms with Crippen molar-refractivity contribution in [2.75, 3.05) is 25.3 Å². The first kappa shape index (κ1) is 9.78. The largest absolute Gasteiger partial charge is 0.454 e. The van der Waals surface area contributed by atoms with Crippen molar-refractivity contribution < 1.29 is 14.2 Å². The molecule has 0 aromatic heterocycles. The standard InChI is InChI=1S/C12H15NO3/c1-2-11-12(16-8-15-11)7-10(1)13-9-3-5-14-6-4-9/h1-2,7,9,13H,3-6,8H2. The van der Waals surface area contributed by atoms with E-state index in [9.17, 15) is 0 Å². The van der Waals surface area contributed by atoms with Crippen LogP contribution in [0.1, 0.15) is 12.8 Å². The first-order chi connectivity index (χ1) is 7.92. The maximum Gasteiger partial charge on any atom is 0.231 e. The number of benzene rings is 1. The lowest BCUT2D eigenvalue weighted by Gasteiger charge is -2.24. The van der Waals surface area contributed by atoms with E-state index in [1.54, 1.807) is 0 Å². The fraction of sp³-hybridized carbons (Fsp3) is 0.500. The fourth-order valence-corrected chi connectivity index (χ4v) is 2.06. The third-order valence-electron chi connectivity index (χ3n) is 2.96. The van der Waals surface area contributed by atoms with E-state index in [0.29, 0.717) is 12.8 Å². The second kappa shape index (κ2) is 4.22. The van der Waals surface area contributed by atoms with Crippen molar-refractivity contribution in [1.29, 1.82) is 0 Å². The van der Waals surface area contributed by atoms with Gasteiger partial charge in [0.1, 0.15) is 0 Å². The normalized spacial score (nSPS) is 19.8. The van der Waals surface area contributed by atoms with Crippen LogP contribution < -0.4 is 14.8 Å². The van der Waals surface area contributed by atoms with E-state index >= 15 is 0 Å². The van der Waals surface area contributed by atoms with Crippen LogP contribution in [0.4, 0.5) is 5.69 Å². The Balaban J connectivity index is 1.69. The third kappa shape index (κ3) is 1.93. The second-order valence-corrected chi connectivity index (χ2v) is 4.10. The highest BCUT2D eigenvalue weighted by Crippen LogP contribution is 2.34. The van der Waals surface area contributed by atoms with E-state index < -0.39 is 0 Å². The van der Waals surface area contributed by atoms with Gasteiger partial charge in [-0.3, -0.25) is 0 Å². The summed E-state index contributed by atoms with van der Waals surface area (Å²) in [6.45, 7) is 2.03. The first-order valence-electron chi connectivity index (χ1n) is 5.66. The molecule has 0 bridgehead atoms. The molecule has 4 heteroatoms. The minimum absolute atomic E-state index is 0.329. The lowest BCUT2D eigenvalue weighted by Crippen LogP contribution is -2.27. The molecule has 16 heavy (non-hydrogen) atoms. The van der Waals surface area contributed by atoms with E-state index in [4.69, 9.17) is 14.2 Å². The predicted octanol–water partition coefficient (Wildman–Crippen LogP) is 2.01. The quantitative estimate of drug-likeness (QED) is 0.829. The van der Waals surface area contributed by atoms with Crippen LogP contribution in [0.2, 0.25) is 0 Å². The van der Waals surface area contributed by atoms with Crippen LogP contribution in [0.25, 0.3) is 0 Å². The summed E-state index contributed by atoms with van der Waals surface area (Å²) in [5.41, 5.74) is 1.09. The van der Waals surface area contributed by atoms with Crippen molar-refractivity contribution >= 4 is 5.69 Å². The molecule has 0 radical (unpaired) electrons. The van der Waals surface area contributed by atoms with Crippen molar-refractivity contribution in [2.24, 2.45) is 0 Å². The Morgan fingerprint density at radius 3 is 2.75 bits per heavy atom. The minimum Gasteiger partial charge on any atom is -0.454 e. The molecule has 0 atom stereocenters. The summed E-state index contributed by atoms with van der Waals surface area (Å²) >= 11 is 0. The van der Waals surface area contributed by atoms with Gasteiger partial charge in [-0.25, -0.2) is 0 Å². The molecular formula is C12H15NO3. The summed E-state index contributed by atoms with van der Waals surface area (Å²) in [5.74, 6) is 1.66. The molecular weight excluding hydrogens is 206 g/mol. The number of hydrogen-bond acceptors (Lipinski definition) is 4. The number of hydrogen-bond donors (Lipinski definition) is 1. The Labute approximate surface area is 94.5 Å². The first-order valence-corrected chi connectivity index (χ1v) is 5.66. The SMILES string of the molecule is c1cc2c(cc1NC1CCOCC1)OCO2. The molecule has 0 unspecified atom stereocenters. The van der Waals surface area contributed by atoms with Crippen LogP contribution in [0.3, 0.4) is 0 Å². The molecule has 1 fully saturated rings. The van der Waals surface area contributed by atoms with Crippen molar-refractivity contribution in [3.63, 3.8) is 0 Å². The Morgan fingerprint density at radius 1 is 1.06 bits per heavy atom. The van der Waals surface area contributed by atoms with Gasteiger partial charge in [-0.15, -0.1) is 0 Å². The van der Waals surface area contributed by atoms with Crippen LogP contribution in [-0.2, 0) is 4.74 Å². The van der Waals surface area contributed by atoms with Gasteiger partial charge in [-0.1, -0.05) is 0 Å². The van der Waals surface area contributed by atoms with E-state index in [1.807, 2.05) is 18.2 Å². The average molecular weight is 221 g/mol. The maximum absolute atomic E-state index is 5.34. The van der Waals surface area contributed by atoms with E-state index in [2.05, 4.69) is 5.32 Å². The average Bonchev–Trinajstić information content (AvgIpc) is 2.77. The van der Waals surface area contributed by atoms with Gasteiger partial charge in [0, 0.05) is 31.0 Å². The van der Waals surface area contributed by atoms with Crippen LogP contribution in [0, 0.1) is 0 Å². The Morgan fingerprint density at radius 2 is 1.88 bits per heavy atom. The molecule has 0 saturated carbocycles. The molecule has 1 aromatic carbocycles.